The molecule has 108 valence electrons. The number of nitrogen functional groups attached to an aromatic ring is 1. The molecule has 0 fully saturated rings. The fourth-order valence-corrected chi connectivity index (χ4v) is 2.83. The summed E-state index contributed by atoms with van der Waals surface area (Å²) in [5, 5.41) is 6.74. The second-order valence-corrected chi connectivity index (χ2v) is 8.63. The van der Waals surface area contributed by atoms with Crippen molar-refractivity contribution in [2.24, 2.45) is 0 Å². The lowest BCUT2D eigenvalue weighted by atomic mass is 9.98. The average molecular weight is 358 g/mol. The topological polar surface area (TPSA) is 88.8 Å². The summed E-state index contributed by atoms with van der Waals surface area (Å²) in [7, 11) is -3.32. The number of rotatable bonds is 3. The van der Waals surface area contributed by atoms with Gasteiger partial charge in [-0.15, -0.1) is 0 Å². The summed E-state index contributed by atoms with van der Waals surface area (Å²) in [5.41, 5.74) is 7.85. The maximum Gasteiger partial charge on any atom is 0.158 e. The molecule has 0 aliphatic heterocycles. The summed E-state index contributed by atoms with van der Waals surface area (Å²) in [5.74, 6) is 0.287. The number of halogens is 1. The van der Waals surface area contributed by atoms with Gasteiger partial charge in [-0.1, -0.05) is 28.1 Å². The number of nitrogens with two attached hydrogens (primary N) is 1. The molecule has 0 aliphatic rings. The minimum atomic E-state index is -3.32. The predicted molar refractivity (Wildman–Crippen MR) is 84.0 cm³/mol. The highest BCUT2D eigenvalue weighted by atomic mass is 79.9. The van der Waals surface area contributed by atoms with E-state index in [0.717, 1.165) is 10.0 Å². The Kier molecular flexibility index (Phi) is 3.68. The van der Waals surface area contributed by atoms with Crippen molar-refractivity contribution in [2.75, 3.05) is 12.0 Å². The van der Waals surface area contributed by atoms with Crippen molar-refractivity contribution in [1.82, 2.24) is 10.2 Å². The molecule has 0 bridgehead atoms. The van der Waals surface area contributed by atoms with Crippen LogP contribution < -0.4 is 5.73 Å². The molecule has 0 radical (unpaired) electrons. The predicted octanol–water partition coefficient (Wildman–Crippen LogP) is 2.70. The fraction of sp³-hybridized carbons (Fsp3) is 0.308. The van der Waals surface area contributed by atoms with E-state index in [4.69, 9.17) is 5.73 Å². The van der Waals surface area contributed by atoms with Crippen LogP contribution in [0.3, 0.4) is 0 Å². The Morgan fingerprint density at radius 3 is 2.55 bits per heavy atom. The van der Waals surface area contributed by atoms with Gasteiger partial charge in [0.2, 0.25) is 0 Å². The van der Waals surface area contributed by atoms with Gasteiger partial charge in [-0.3, -0.25) is 5.10 Å². The number of aromatic amines is 1. The van der Waals surface area contributed by atoms with Crippen LogP contribution in [0.25, 0.3) is 11.1 Å². The SMILES string of the molecule is CC(C)(c1[nH]nc(N)c1-c1cccc(Br)c1)S(C)(=O)=O. The lowest BCUT2D eigenvalue weighted by Gasteiger charge is -2.22. The summed E-state index contributed by atoms with van der Waals surface area (Å²) < 4.78 is 23.8. The van der Waals surface area contributed by atoms with E-state index in [1.54, 1.807) is 13.8 Å². The molecular weight excluding hydrogens is 342 g/mol. The van der Waals surface area contributed by atoms with E-state index in [9.17, 15) is 8.42 Å². The molecule has 0 atom stereocenters. The highest BCUT2D eigenvalue weighted by molar-refractivity contribution is 9.10. The Balaban J connectivity index is 2.71. The van der Waals surface area contributed by atoms with Crippen molar-refractivity contribution in [2.45, 2.75) is 18.6 Å². The third-order valence-corrected chi connectivity index (χ3v) is 5.99. The Morgan fingerprint density at radius 2 is 2.00 bits per heavy atom. The number of aromatic nitrogens is 2. The lowest BCUT2D eigenvalue weighted by molar-refractivity contribution is 0.556. The minimum Gasteiger partial charge on any atom is -0.382 e. The van der Waals surface area contributed by atoms with Gasteiger partial charge < -0.3 is 5.73 Å². The first kappa shape index (κ1) is 15.1. The van der Waals surface area contributed by atoms with E-state index in [2.05, 4.69) is 26.1 Å². The highest BCUT2D eigenvalue weighted by Gasteiger charge is 2.37. The summed E-state index contributed by atoms with van der Waals surface area (Å²) in [4.78, 5) is 0. The monoisotopic (exact) mass is 357 g/mol. The van der Waals surface area contributed by atoms with Crippen molar-refractivity contribution >= 4 is 31.6 Å². The fourth-order valence-electron chi connectivity index (χ4n) is 1.91. The summed E-state index contributed by atoms with van der Waals surface area (Å²) in [6.45, 7) is 3.27. The van der Waals surface area contributed by atoms with Gasteiger partial charge in [0.05, 0.1) is 5.69 Å². The van der Waals surface area contributed by atoms with Crippen molar-refractivity contribution in [1.29, 1.82) is 0 Å². The Hall–Kier alpha value is -1.34. The number of hydrogen-bond acceptors (Lipinski definition) is 4. The van der Waals surface area contributed by atoms with Gasteiger partial charge in [-0.05, 0) is 31.5 Å². The van der Waals surface area contributed by atoms with Crippen molar-refractivity contribution < 1.29 is 8.42 Å². The smallest absolute Gasteiger partial charge is 0.158 e. The lowest BCUT2D eigenvalue weighted by Crippen LogP contribution is -2.29. The molecule has 2 rings (SSSR count). The van der Waals surface area contributed by atoms with E-state index in [1.807, 2.05) is 24.3 Å². The van der Waals surface area contributed by atoms with Crippen LogP contribution in [0.4, 0.5) is 5.82 Å². The molecule has 1 aromatic carbocycles. The first-order valence-electron chi connectivity index (χ1n) is 5.94. The molecule has 0 amide bonds. The van der Waals surface area contributed by atoms with E-state index < -0.39 is 14.6 Å². The number of hydrogen-bond donors (Lipinski definition) is 2. The zero-order valence-corrected chi connectivity index (χ0v) is 13.8. The number of anilines is 1. The van der Waals surface area contributed by atoms with Gasteiger partial charge >= 0.3 is 0 Å². The summed E-state index contributed by atoms with van der Waals surface area (Å²) in [6, 6.07) is 7.50. The van der Waals surface area contributed by atoms with Crippen molar-refractivity contribution in [3.05, 3.63) is 34.4 Å². The van der Waals surface area contributed by atoms with Crippen LogP contribution in [-0.2, 0) is 14.6 Å². The van der Waals surface area contributed by atoms with E-state index >= 15 is 0 Å². The zero-order valence-electron chi connectivity index (χ0n) is 11.4. The highest BCUT2D eigenvalue weighted by Crippen LogP contribution is 2.38. The summed E-state index contributed by atoms with van der Waals surface area (Å²) in [6.07, 6.45) is 1.20. The van der Waals surface area contributed by atoms with Crippen LogP contribution in [0.5, 0.6) is 0 Å². The molecule has 7 heteroatoms. The number of H-pyrrole nitrogens is 1. The van der Waals surface area contributed by atoms with Crippen LogP contribution >= 0.6 is 15.9 Å². The van der Waals surface area contributed by atoms with Crippen LogP contribution in [0.2, 0.25) is 0 Å². The number of sulfone groups is 1. The van der Waals surface area contributed by atoms with Gasteiger partial charge in [0, 0.05) is 16.3 Å². The summed E-state index contributed by atoms with van der Waals surface area (Å²) >= 11 is 3.40. The number of nitrogens with zero attached hydrogens (tertiary/aromatic N) is 1. The molecule has 2 aromatic rings. The second-order valence-electron chi connectivity index (χ2n) is 5.15. The quantitative estimate of drug-likeness (QED) is 0.883. The third kappa shape index (κ3) is 2.47. The maximum atomic E-state index is 12.0. The molecule has 0 saturated carbocycles. The van der Waals surface area contributed by atoms with E-state index in [-0.39, 0.29) is 5.82 Å². The number of nitrogens with one attached hydrogen (secondary N) is 1. The molecule has 0 aliphatic carbocycles. The van der Waals surface area contributed by atoms with Crippen molar-refractivity contribution in [3.63, 3.8) is 0 Å². The van der Waals surface area contributed by atoms with Gasteiger partial charge in [0.25, 0.3) is 0 Å². The maximum absolute atomic E-state index is 12.0. The normalized spacial score (nSPS) is 12.6. The van der Waals surface area contributed by atoms with Gasteiger partial charge in [0.1, 0.15) is 4.75 Å². The standard InChI is InChI=1S/C13H16BrN3O2S/c1-13(2,20(3,18)19)11-10(12(15)17-16-11)8-5-4-6-9(14)7-8/h4-7H,1-3H3,(H3,15,16,17). The Labute approximate surface area is 126 Å². The first-order chi connectivity index (χ1) is 9.14. The van der Waals surface area contributed by atoms with Gasteiger partial charge in [0.15, 0.2) is 15.7 Å². The molecule has 3 N–H and O–H groups in total. The molecule has 0 saturated heterocycles. The minimum absolute atomic E-state index is 0.287. The molecule has 0 unspecified atom stereocenters. The average Bonchev–Trinajstić information content (AvgIpc) is 2.70. The van der Waals surface area contributed by atoms with Crippen LogP contribution in [0.15, 0.2) is 28.7 Å². The molecule has 0 spiro atoms. The molecule has 1 aromatic heterocycles. The first-order valence-corrected chi connectivity index (χ1v) is 8.63. The number of benzene rings is 1. The third-order valence-electron chi connectivity index (χ3n) is 3.44. The molecule has 20 heavy (non-hydrogen) atoms. The molecule has 1 heterocycles. The second kappa shape index (κ2) is 4.89. The largest absolute Gasteiger partial charge is 0.382 e. The van der Waals surface area contributed by atoms with Crippen molar-refractivity contribution in [3.8, 4) is 11.1 Å². The van der Waals surface area contributed by atoms with Crippen LogP contribution in [0.1, 0.15) is 19.5 Å². The van der Waals surface area contributed by atoms with E-state index in [0.29, 0.717) is 11.3 Å². The Morgan fingerprint density at radius 1 is 1.35 bits per heavy atom. The molecule has 5 nitrogen and oxygen atoms in total. The zero-order chi connectivity index (χ0) is 15.1. The van der Waals surface area contributed by atoms with E-state index in [1.165, 1.54) is 6.26 Å². The van der Waals surface area contributed by atoms with Crippen LogP contribution in [-0.4, -0.2) is 24.9 Å². The van der Waals surface area contributed by atoms with Crippen LogP contribution in [0, 0.1) is 0 Å². The van der Waals surface area contributed by atoms with Gasteiger partial charge in [-0.25, -0.2) is 8.42 Å². The Bertz CT molecular complexity index is 751. The molecular formula is C13H16BrN3O2S. The van der Waals surface area contributed by atoms with Gasteiger partial charge in [-0.2, -0.15) is 5.10 Å².